The number of nitrogens with one attached hydrogen (secondary N) is 2. The van der Waals surface area contributed by atoms with Gasteiger partial charge in [0, 0.05) is 23.7 Å². The van der Waals surface area contributed by atoms with Crippen LogP contribution in [-0.2, 0) is 0 Å². The Balaban J connectivity index is 1.83. The van der Waals surface area contributed by atoms with Crippen molar-refractivity contribution < 1.29 is 0 Å². The predicted molar refractivity (Wildman–Crippen MR) is 72.8 cm³/mol. The fourth-order valence-corrected chi connectivity index (χ4v) is 1.87. The fourth-order valence-electron chi connectivity index (χ4n) is 1.87. The molecule has 1 aromatic heterocycles. The van der Waals surface area contributed by atoms with Crippen molar-refractivity contribution >= 4 is 23.1 Å². The number of nitrogens with zero attached hydrogens (tertiary/aromatic N) is 3. The van der Waals surface area contributed by atoms with Crippen molar-refractivity contribution in [2.24, 2.45) is 10.1 Å². The molecule has 18 heavy (non-hydrogen) atoms. The average Bonchev–Trinajstić information content (AvgIpc) is 2.92. The number of rotatable bonds is 2. The van der Waals surface area contributed by atoms with Crippen LogP contribution in [0.15, 0.2) is 46.6 Å². The molecule has 90 valence electrons. The minimum absolute atomic E-state index is 0.726. The molecular weight excluding hydrogens is 226 g/mol. The number of guanidine groups is 1. The Morgan fingerprint density at radius 3 is 3.11 bits per heavy atom. The summed E-state index contributed by atoms with van der Waals surface area (Å²) in [6.45, 7) is 1.67. The Morgan fingerprint density at radius 2 is 2.22 bits per heavy atom. The monoisotopic (exact) mass is 239 g/mol. The number of benzene rings is 1. The quantitative estimate of drug-likeness (QED) is 0.609. The van der Waals surface area contributed by atoms with Gasteiger partial charge in [0.2, 0.25) is 5.96 Å². The molecule has 1 aliphatic rings. The molecule has 0 atom stereocenters. The zero-order chi connectivity index (χ0) is 12.2. The lowest BCUT2D eigenvalue weighted by molar-refractivity contribution is 0.920. The molecule has 1 aromatic carbocycles. The zero-order valence-electron chi connectivity index (χ0n) is 9.80. The molecule has 2 heterocycles. The first-order valence-corrected chi connectivity index (χ1v) is 5.85. The van der Waals surface area contributed by atoms with Crippen LogP contribution in [0.2, 0.25) is 0 Å². The first-order chi connectivity index (χ1) is 8.93. The highest BCUT2D eigenvalue weighted by Gasteiger charge is 2.02. The summed E-state index contributed by atoms with van der Waals surface area (Å²) in [7, 11) is 0. The van der Waals surface area contributed by atoms with Gasteiger partial charge >= 0.3 is 0 Å². The third-order valence-electron chi connectivity index (χ3n) is 2.73. The van der Waals surface area contributed by atoms with E-state index in [2.05, 4.69) is 25.8 Å². The Hall–Kier alpha value is -2.43. The van der Waals surface area contributed by atoms with Crippen LogP contribution in [0.5, 0.6) is 0 Å². The summed E-state index contributed by atoms with van der Waals surface area (Å²) < 4.78 is 0. The van der Waals surface area contributed by atoms with E-state index in [0.29, 0.717) is 0 Å². The SMILES string of the molecule is C(=N/NC1=NCCN1)/c1ccnc2ccccc12. The van der Waals surface area contributed by atoms with Gasteiger partial charge in [0.1, 0.15) is 0 Å². The first-order valence-electron chi connectivity index (χ1n) is 5.85. The van der Waals surface area contributed by atoms with E-state index >= 15 is 0 Å². The smallest absolute Gasteiger partial charge is 0.212 e. The maximum atomic E-state index is 4.31. The van der Waals surface area contributed by atoms with Crippen LogP contribution < -0.4 is 10.7 Å². The standard InChI is InChI=1S/C13H13N5/c1-2-4-12-11(3-1)10(5-6-14-12)9-17-18-13-15-7-8-16-13/h1-6,9H,7-8H2,(H2,15,16,18)/b17-9-. The number of hydrogen-bond donors (Lipinski definition) is 2. The average molecular weight is 239 g/mol. The van der Waals surface area contributed by atoms with Crippen molar-refractivity contribution in [1.29, 1.82) is 0 Å². The summed E-state index contributed by atoms with van der Waals surface area (Å²) in [5.41, 5.74) is 4.89. The molecule has 5 heteroatoms. The predicted octanol–water partition coefficient (Wildman–Crippen LogP) is 1.12. The number of pyridine rings is 1. The fraction of sp³-hybridized carbons (Fsp3) is 0.154. The number of aliphatic imine (C=N–C) groups is 1. The van der Waals surface area contributed by atoms with Gasteiger partial charge in [-0.25, -0.2) is 10.4 Å². The molecule has 0 fully saturated rings. The molecule has 0 bridgehead atoms. The molecule has 2 N–H and O–H groups in total. The maximum Gasteiger partial charge on any atom is 0.212 e. The molecule has 0 amide bonds. The second kappa shape index (κ2) is 4.83. The first kappa shape index (κ1) is 10.7. The van der Waals surface area contributed by atoms with Crippen molar-refractivity contribution in [3.05, 3.63) is 42.1 Å². The molecule has 3 rings (SSSR count). The van der Waals surface area contributed by atoms with Gasteiger partial charge in [0.05, 0.1) is 18.3 Å². The summed E-state index contributed by atoms with van der Waals surface area (Å²) in [4.78, 5) is 8.51. The Bertz CT molecular complexity index is 612. The molecular formula is C13H13N5. The van der Waals surface area contributed by atoms with Crippen molar-refractivity contribution in [3.63, 3.8) is 0 Å². The van der Waals surface area contributed by atoms with Gasteiger partial charge in [-0.1, -0.05) is 18.2 Å². The van der Waals surface area contributed by atoms with Gasteiger partial charge < -0.3 is 5.32 Å². The van der Waals surface area contributed by atoms with Crippen LogP contribution in [0.1, 0.15) is 5.56 Å². The van der Waals surface area contributed by atoms with Crippen LogP contribution in [0.4, 0.5) is 0 Å². The molecule has 0 spiro atoms. The normalized spacial score (nSPS) is 14.8. The number of aromatic nitrogens is 1. The van der Waals surface area contributed by atoms with Crippen LogP contribution in [0, 0.1) is 0 Å². The van der Waals surface area contributed by atoms with E-state index in [1.165, 1.54) is 0 Å². The Kier molecular flexibility index (Phi) is 2.87. The second-order valence-electron chi connectivity index (χ2n) is 3.94. The van der Waals surface area contributed by atoms with Crippen molar-refractivity contribution in [2.75, 3.05) is 13.1 Å². The van der Waals surface area contributed by atoms with Crippen LogP contribution in [0.25, 0.3) is 10.9 Å². The van der Waals surface area contributed by atoms with E-state index in [1.807, 2.05) is 30.3 Å². The van der Waals surface area contributed by atoms with Gasteiger partial charge in [0.25, 0.3) is 0 Å². The molecule has 2 aromatic rings. The number of hydrogen-bond acceptors (Lipinski definition) is 5. The maximum absolute atomic E-state index is 4.31. The van der Waals surface area contributed by atoms with Crippen molar-refractivity contribution in [1.82, 2.24) is 15.7 Å². The number of para-hydroxylation sites is 1. The van der Waals surface area contributed by atoms with E-state index in [4.69, 9.17) is 0 Å². The van der Waals surface area contributed by atoms with Crippen LogP contribution >= 0.6 is 0 Å². The molecule has 0 saturated heterocycles. The Morgan fingerprint density at radius 1 is 1.28 bits per heavy atom. The summed E-state index contributed by atoms with van der Waals surface area (Å²) in [5.74, 6) is 0.726. The molecule has 1 aliphatic heterocycles. The minimum atomic E-state index is 0.726. The lowest BCUT2D eigenvalue weighted by atomic mass is 10.1. The highest BCUT2D eigenvalue weighted by atomic mass is 15.4. The van der Waals surface area contributed by atoms with Gasteiger partial charge in [0.15, 0.2) is 0 Å². The molecule has 0 aliphatic carbocycles. The lowest BCUT2D eigenvalue weighted by Crippen LogP contribution is -2.30. The van der Waals surface area contributed by atoms with E-state index in [-0.39, 0.29) is 0 Å². The molecule has 0 radical (unpaired) electrons. The van der Waals surface area contributed by atoms with Gasteiger partial charge in [-0.05, 0) is 12.1 Å². The minimum Gasteiger partial charge on any atom is -0.353 e. The lowest BCUT2D eigenvalue weighted by Gasteiger charge is -2.01. The summed E-state index contributed by atoms with van der Waals surface area (Å²) in [6.07, 6.45) is 3.57. The van der Waals surface area contributed by atoms with Gasteiger partial charge in [-0.15, -0.1) is 0 Å². The third kappa shape index (κ3) is 2.15. The highest BCUT2D eigenvalue weighted by Crippen LogP contribution is 2.13. The van der Waals surface area contributed by atoms with Gasteiger partial charge in [-0.3, -0.25) is 4.98 Å². The topological polar surface area (TPSA) is 61.7 Å². The molecule has 5 nitrogen and oxygen atoms in total. The summed E-state index contributed by atoms with van der Waals surface area (Å²) >= 11 is 0. The summed E-state index contributed by atoms with van der Waals surface area (Å²) in [6, 6.07) is 9.94. The van der Waals surface area contributed by atoms with Crippen molar-refractivity contribution in [3.8, 4) is 0 Å². The molecule has 0 saturated carbocycles. The van der Waals surface area contributed by atoms with E-state index in [0.717, 1.165) is 35.5 Å². The number of fused-ring (bicyclic) bond motifs is 1. The van der Waals surface area contributed by atoms with E-state index in [9.17, 15) is 0 Å². The van der Waals surface area contributed by atoms with Gasteiger partial charge in [-0.2, -0.15) is 5.10 Å². The summed E-state index contributed by atoms with van der Waals surface area (Å²) in [5, 5.41) is 8.36. The zero-order valence-corrected chi connectivity index (χ0v) is 9.80. The second-order valence-corrected chi connectivity index (χ2v) is 3.94. The van der Waals surface area contributed by atoms with Crippen LogP contribution in [0.3, 0.4) is 0 Å². The third-order valence-corrected chi connectivity index (χ3v) is 2.73. The number of hydrazone groups is 1. The highest BCUT2D eigenvalue weighted by molar-refractivity contribution is 5.98. The van der Waals surface area contributed by atoms with E-state index in [1.54, 1.807) is 12.4 Å². The molecule has 0 unspecified atom stereocenters. The largest absolute Gasteiger partial charge is 0.353 e. The van der Waals surface area contributed by atoms with Crippen molar-refractivity contribution in [2.45, 2.75) is 0 Å². The Labute approximate surface area is 105 Å². The van der Waals surface area contributed by atoms with Crippen LogP contribution in [-0.4, -0.2) is 30.2 Å². The van der Waals surface area contributed by atoms with E-state index < -0.39 is 0 Å².